The van der Waals surface area contributed by atoms with Crippen LogP contribution in [0.5, 0.6) is 0 Å². The predicted octanol–water partition coefficient (Wildman–Crippen LogP) is 0.0519. The van der Waals surface area contributed by atoms with Gasteiger partial charge in [-0.05, 0) is 61.3 Å². The first-order valence-corrected chi connectivity index (χ1v) is 11.3. The van der Waals surface area contributed by atoms with Crippen molar-refractivity contribution in [3.8, 4) is 11.1 Å². The van der Waals surface area contributed by atoms with Gasteiger partial charge in [-0.2, -0.15) is 0 Å². The van der Waals surface area contributed by atoms with Gasteiger partial charge in [0.2, 0.25) is 11.8 Å². The molecule has 1 fully saturated rings. The van der Waals surface area contributed by atoms with Gasteiger partial charge in [0.25, 0.3) is 11.8 Å². The van der Waals surface area contributed by atoms with E-state index in [1.54, 1.807) is 36.4 Å². The lowest BCUT2D eigenvalue weighted by atomic mass is 9.96. The van der Waals surface area contributed by atoms with Gasteiger partial charge in [0.05, 0.1) is 6.54 Å². The van der Waals surface area contributed by atoms with Crippen LogP contribution in [0.25, 0.3) is 11.1 Å². The maximum Gasteiger partial charge on any atom is 0.267 e. The van der Waals surface area contributed by atoms with E-state index in [4.69, 9.17) is 16.7 Å². The molecule has 0 radical (unpaired) electrons. The van der Waals surface area contributed by atoms with Crippen LogP contribution in [0.3, 0.4) is 0 Å². The number of nitrogens with zero attached hydrogens (tertiary/aromatic N) is 1. The van der Waals surface area contributed by atoms with Crippen molar-refractivity contribution in [3.05, 3.63) is 54.1 Å². The molecule has 4 amide bonds. The molecule has 1 atom stereocenters. The van der Waals surface area contributed by atoms with E-state index in [1.165, 1.54) is 5.48 Å². The van der Waals surface area contributed by atoms with Crippen LogP contribution >= 0.6 is 0 Å². The number of carbonyl (C=O) groups is 4. The van der Waals surface area contributed by atoms with Crippen LogP contribution < -0.4 is 27.6 Å². The van der Waals surface area contributed by atoms with E-state index in [9.17, 15) is 19.2 Å². The van der Waals surface area contributed by atoms with E-state index in [0.717, 1.165) is 11.1 Å². The first-order valence-electron chi connectivity index (χ1n) is 11.3. The Kier molecular flexibility index (Phi) is 8.90. The summed E-state index contributed by atoms with van der Waals surface area (Å²) in [5, 5.41) is 14.0. The Morgan fingerprint density at radius 2 is 1.54 bits per heavy atom. The number of hydrogen-bond acceptors (Lipinski definition) is 7. The number of benzene rings is 2. The summed E-state index contributed by atoms with van der Waals surface area (Å²) in [5.74, 6) is -1.80. The Bertz CT molecular complexity index is 1050. The minimum Gasteiger partial charge on any atom is -0.369 e. The van der Waals surface area contributed by atoms with E-state index in [2.05, 4.69) is 10.6 Å². The highest BCUT2D eigenvalue weighted by atomic mass is 16.5. The van der Waals surface area contributed by atoms with Crippen LogP contribution in [0.4, 0.5) is 5.69 Å². The number of likely N-dealkylation sites (tertiary alicyclic amines) is 1. The molecule has 3 rings (SSSR count). The lowest BCUT2D eigenvalue weighted by Gasteiger charge is -2.29. The predicted molar refractivity (Wildman–Crippen MR) is 129 cm³/mol. The first-order chi connectivity index (χ1) is 16.8. The zero-order valence-corrected chi connectivity index (χ0v) is 19.2. The molecule has 0 bridgehead atoms. The Morgan fingerprint density at radius 3 is 2.06 bits per heavy atom. The van der Waals surface area contributed by atoms with E-state index in [1.807, 2.05) is 17.0 Å². The molecule has 1 heterocycles. The summed E-state index contributed by atoms with van der Waals surface area (Å²) in [6.07, 6.45) is 1.34. The van der Waals surface area contributed by atoms with Gasteiger partial charge >= 0.3 is 0 Å². The molecule has 0 spiro atoms. The molecule has 1 aliphatic heterocycles. The second-order valence-electron chi connectivity index (χ2n) is 8.39. The van der Waals surface area contributed by atoms with Crippen molar-refractivity contribution in [1.82, 2.24) is 15.7 Å². The molecule has 11 nitrogen and oxygen atoms in total. The zero-order chi connectivity index (χ0) is 25.4. The molecule has 0 saturated carbocycles. The maximum atomic E-state index is 12.4. The number of nitrogens with one attached hydrogen (secondary N) is 3. The molecule has 2 aromatic carbocycles. The number of anilines is 1. The fourth-order valence-corrected chi connectivity index (χ4v) is 3.89. The van der Waals surface area contributed by atoms with E-state index in [-0.39, 0.29) is 30.8 Å². The van der Waals surface area contributed by atoms with Gasteiger partial charge in [-0.3, -0.25) is 29.3 Å². The molecule has 186 valence electrons. The van der Waals surface area contributed by atoms with Gasteiger partial charge in [0.15, 0.2) is 0 Å². The lowest BCUT2D eigenvalue weighted by molar-refractivity contribution is -0.131. The molecule has 1 aliphatic rings. The second kappa shape index (κ2) is 12.1. The van der Waals surface area contributed by atoms with Crippen LogP contribution in [0, 0.1) is 5.92 Å². The van der Waals surface area contributed by atoms with Gasteiger partial charge in [0, 0.05) is 23.7 Å². The third kappa shape index (κ3) is 7.09. The van der Waals surface area contributed by atoms with Gasteiger partial charge in [-0.15, -0.1) is 0 Å². The number of hydrogen-bond donors (Lipinski definition) is 6. The quantitative estimate of drug-likeness (QED) is 0.216. The largest absolute Gasteiger partial charge is 0.369 e. The van der Waals surface area contributed by atoms with Gasteiger partial charge < -0.3 is 22.1 Å². The third-order valence-corrected chi connectivity index (χ3v) is 5.97. The Balaban J connectivity index is 1.53. The van der Waals surface area contributed by atoms with Gasteiger partial charge in [-0.25, -0.2) is 5.48 Å². The third-order valence-electron chi connectivity index (χ3n) is 5.97. The molecule has 0 aromatic heterocycles. The van der Waals surface area contributed by atoms with Crippen LogP contribution in [-0.2, 0) is 14.4 Å². The van der Waals surface area contributed by atoms with E-state index >= 15 is 0 Å². The smallest absolute Gasteiger partial charge is 0.267 e. The van der Waals surface area contributed by atoms with Crippen molar-refractivity contribution in [2.24, 2.45) is 17.4 Å². The second-order valence-corrected chi connectivity index (χ2v) is 8.39. The lowest BCUT2D eigenvalue weighted by Crippen LogP contribution is -2.50. The number of primary amides is 1. The first kappa shape index (κ1) is 25.8. The highest BCUT2D eigenvalue weighted by Crippen LogP contribution is 2.22. The summed E-state index contributed by atoms with van der Waals surface area (Å²) in [4.78, 5) is 49.5. The van der Waals surface area contributed by atoms with Crippen molar-refractivity contribution in [1.29, 1.82) is 0 Å². The average Bonchev–Trinajstić information content (AvgIpc) is 2.87. The van der Waals surface area contributed by atoms with Crippen molar-refractivity contribution in [2.75, 3.05) is 31.5 Å². The summed E-state index contributed by atoms with van der Waals surface area (Å²) in [6, 6.07) is 13.0. The van der Waals surface area contributed by atoms with Crippen molar-refractivity contribution >= 4 is 29.3 Å². The topological polar surface area (TPSA) is 180 Å². The maximum absolute atomic E-state index is 12.4. The number of nitrogens with two attached hydrogens (primary N) is 2. The number of amides is 4. The zero-order valence-electron chi connectivity index (χ0n) is 19.2. The van der Waals surface area contributed by atoms with Gasteiger partial charge in [0.1, 0.15) is 6.04 Å². The van der Waals surface area contributed by atoms with Crippen molar-refractivity contribution < 1.29 is 24.4 Å². The highest BCUT2D eigenvalue weighted by Gasteiger charge is 2.24. The minimum absolute atomic E-state index is 0.110. The van der Waals surface area contributed by atoms with Crippen molar-refractivity contribution in [2.45, 2.75) is 18.9 Å². The standard InChI is InChI=1S/C24H30N6O5/c25-13-20(24(34)29-35)28-23(33)18-3-1-15(2-4-18)16-5-7-19(8-6-16)27-21(31)14-30-11-9-17(10-12-30)22(26)32/h1-8,17,20,35H,9-14,25H2,(H2,26,32)(H,27,31)(H,28,33)(H,29,34)/t20-/m0/s1. The van der Waals surface area contributed by atoms with Gasteiger partial charge in [-0.1, -0.05) is 24.3 Å². The highest BCUT2D eigenvalue weighted by molar-refractivity contribution is 5.98. The van der Waals surface area contributed by atoms with E-state index in [0.29, 0.717) is 37.2 Å². The average molecular weight is 483 g/mol. The summed E-state index contributed by atoms with van der Waals surface area (Å²) in [6.45, 7) is 1.42. The summed E-state index contributed by atoms with van der Waals surface area (Å²) < 4.78 is 0. The Morgan fingerprint density at radius 1 is 0.971 bits per heavy atom. The molecule has 11 heteroatoms. The number of rotatable bonds is 9. The molecule has 1 saturated heterocycles. The normalized spacial score (nSPS) is 15.1. The van der Waals surface area contributed by atoms with Crippen molar-refractivity contribution in [3.63, 3.8) is 0 Å². The van der Waals surface area contributed by atoms with E-state index < -0.39 is 17.9 Å². The fraction of sp³-hybridized carbons (Fsp3) is 0.333. The summed E-state index contributed by atoms with van der Waals surface area (Å²) in [7, 11) is 0. The molecule has 0 unspecified atom stereocenters. The Labute approximate surface area is 202 Å². The monoisotopic (exact) mass is 482 g/mol. The molecule has 8 N–H and O–H groups in total. The number of piperidine rings is 1. The number of carbonyl (C=O) groups excluding carboxylic acids is 4. The summed E-state index contributed by atoms with van der Waals surface area (Å²) in [5.41, 5.74) is 15.0. The molecular weight excluding hydrogens is 452 g/mol. The fourth-order valence-electron chi connectivity index (χ4n) is 3.89. The molecule has 0 aliphatic carbocycles. The van der Waals surface area contributed by atoms with Crippen LogP contribution in [0.2, 0.25) is 0 Å². The van der Waals surface area contributed by atoms with Crippen LogP contribution in [-0.4, -0.2) is 66.0 Å². The SMILES string of the molecule is NC[C@H](NC(=O)c1ccc(-c2ccc(NC(=O)CN3CCC(C(N)=O)CC3)cc2)cc1)C(=O)NO. The molecule has 35 heavy (non-hydrogen) atoms. The minimum atomic E-state index is -1.04. The summed E-state index contributed by atoms with van der Waals surface area (Å²) >= 11 is 0. The molecule has 2 aromatic rings. The molecular formula is C24H30N6O5. The Hall–Kier alpha value is -3.80. The van der Waals surface area contributed by atoms with Crippen LogP contribution in [0.15, 0.2) is 48.5 Å². The number of hydroxylamine groups is 1. The van der Waals surface area contributed by atoms with Crippen LogP contribution in [0.1, 0.15) is 23.2 Å².